The molecule has 19 heavy (non-hydrogen) atoms. The number of carbonyl (C=O) groups excluding carboxylic acids is 1. The van der Waals surface area contributed by atoms with Crippen molar-refractivity contribution in [3.8, 4) is 0 Å². The summed E-state index contributed by atoms with van der Waals surface area (Å²) < 4.78 is 5.65. The molecule has 0 fully saturated rings. The van der Waals surface area contributed by atoms with Crippen LogP contribution >= 0.6 is 0 Å². The zero-order chi connectivity index (χ0) is 15.1. The van der Waals surface area contributed by atoms with E-state index in [0.717, 1.165) is 37.5 Å². The van der Waals surface area contributed by atoms with Crippen LogP contribution in [0.5, 0.6) is 0 Å². The fourth-order valence-electron chi connectivity index (χ4n) is 1.69. The molecule has 0 saturated carbocycles. The summed E-state index contributed by atoms with van der Waals surface area (Å²) in [6.45, 7) is 10.4. The van der Waals surface area contributed by atoms with Crippen LogP contribution in [0.25, 0.3) is 0 Å². The molecule has 0 saturated heterocycles. The van der Waals surface area contributed by atoms with Gasteiger partial charge >= 0.3 is 11.9 Å². The maximum Gasteiger partial charge on any atom is 0.328 e. The molecule has 0 amide bonds. The number of hydrogen-bond acceptors (Lipinski definition) is 3. The molecular formula is C14H26O4Si. The molecule has 0 bridgehead atoms. The molecule has 0 heterocycles. The van der Waals surface area contributed by atoms with Gasteiger partial charge in [0.15, 0.2) is 0 Å². The molecule has 1 unspecified atom stereocenters. The van der Waals surface area contributed by atoms with Gasteiger partial charge in [0.25, 0.3) is 8.32 Å². The highest BCUT2D eigenvalue weighted by Crippen LogP contribution is 2.40. The maximum atomic E-state index is 11.7. The summed E-state index contributed by atoms with van der Waals surface area (Å²) in [5.74, 6) is -1.68. The fraction of sp³-hybridized carbons (Fsp3) is 0.714. The maximum absolute atomic E-state index is 11.7. The van der Waals surface area contributed by atoms with Crippen molar-refractivity contribution in [1.29, 1.82) is 0 Å². The Balaban J connectivity index is 4.77. The highest BCUT2D eigenvalue weighted by atomic mass is 28.4. The number of carboxylic acids is 1. The average Bonchev–Trinajstić information content (AvgIpc) is 2.25. The minimum absolute atomic E-state index is 0.0620. The minimum atomic E-state index is -2.22. The summed E-state index contributed by atoms with van der Waals surface area (Å²) in [4.78, 5) is 22.1. The Kier molecular flexibility index (Phi) is 7.04. The van der Waals surface area contributed by atoms with Crippen LogP contribution in [0, 0.1) is 0 Å². The molecule has 110 valence electrons. The highest BCUT2D eigenvalue weighted by molar-refractivity contribution is 6.76. The smallest absolute Gasteiger partial charge is 0.328 e. The van der Waals surface area contributed by atoms with Crippen molar-refractivity contribution in [3.05, 3.63) is 12.2 Å². The summed E-state index contributed by atoms with van der Waals surface area (Å²) in [5.41, 5.74) is 0. The number of carbonyl (C=O) groups is 2. The second-order valence-electron chi connectivity index (χ2n) is 6.03. The summed E-state index contributed by atoms with van der Waals surface area (Å²) in [6, 6.07) is 0.914. The van der Waals surface area contributed by atoms with E-state index in [1.807, 2.05) is 0 Å². The Hall–Kier alpha value is -1.10. The van der Waals surface area contributed by atoms with Crippen LogP contribution in [-0.4, -0.2) is 25.4 Å². The van der Waals surface area contributed by atoms with E-state index in [-0.39, 0.29) is 5.04 Å². The van der Waals surface area contributed by atoms with Crippen LogP contribution in [0.4, 0.5) is 0 Å². The van der Waals surface area contributed by atoms with Crippen molar-refractivity contribution in [1.82, 2.24) is 0 Å². The molecular weight excluding hydrogens is 260 g/mol. The number of hydrogen-bond donors (Lipinski definition) is 1. The van der Waals surface area contributed by atoms with Crippen molar-refractivity contribution >= 4 is 20.3 Å². The SMILES string of the molecule is CCCCC[Si](C)(OC(=O)/C=C\C(=O)O)C(C)(C)C. The number of aliphatic carboxylic acids is 1. The summed E-state index contributed by atoms with van der Waals surface area (Å²) >= 11 is 0. The van der Waals surface area contributed by atoms with E-state index >= 15 is 0 Å². The van der Waals surface area contributed by atoms with Crippen LogP contribution in [0.15, 0.2) is 12.2 Å². The molecule has 0 radical (unpaired) electrons. The van der Waals surface area contributed by atoms with E-state index in [1.54, 1.807) is 0 Å². The first-order chi connectivity index (χ1) is 8.62. The lowest BCUT2D eigenvalue weighted by Crippen LogP contribution is -2.45. The Morgan fingerprint density at radius 3 is 2.21 bits per heavy atom. The molecule has 0 aromatic heterocycles. The normalized spacial score (nSPS) is 15.2. The van der Waals surface area contributed by atoms with Gasteiger partial charge in [-0.3, -0.25) is 0 Å². The third kappa shape index (κ3) is 6.57. The van der Waals surface area contributed by atoms with E-state index in [4.69, 9.17) is 9.53 Å². The lowest BCUT2D eigenvalue weighted by molar-refractivity contribution is -0.133. The summed E-state index contributed by atoms with van der Waals surface area (Å²) in [5, 5.41) is 8.45. The molecule has 1 N–H and O–H groups in total. The fourth-order valence-corrected chi connectivity index (χ4v) is 4.28. The first kappa shape index (κ1) is 17.9. The highest BCUT2D eigenvalue weighted by Gasteiger charge is 2.44. The third-order valence-electron chi connectivity index (χ3n) is 3.53. The van der Waals surface area contributed by atoms with Gasteiger partial charge in [-0.05, 0) is 17.6 Å². The molecule has 0 aromatic rings. The summed E-state index contributed by atoms with van der Waals surface area (Å²) in [6.07, 6.45) is 5.13. The monoisotopic (exact) mass is 286 g/mol. The van der Waals surface area contributed by atoms with Crippen LogP contribution < -0.4 is 0 Å². The van der Waals surface area contributed by atoms with Crippen molar-refractivity contribution < 1.29 is 19.1 Å². The largest absolute Gasteiger partial charge is 0.516 e. The number of carboxylic acid groups (broad SMARTS) is 1. The van der Waals surface area contributed by atoms with E-state index < -0.39 is 20.3 Å². The molecule has 4 nitrogen and oxygen atoms in total. The zero-order valence-electron chi connectivity index (χ0n) is 12.7. The first-order valence-electron chi connectivity index (χ1n) is 6.76. The Morgan fingerprint density at radius 2 is 1.79 bits per heavy atom. The van der Waals surface area contributed by atoms with Crippen molar-refractivity contribution in [2.45, 2.75) is 64.6 Å². The Morgan fingerprint density at radius 1 is 1.21 bits per heavy atom. The van der Waals surface area contributed by atoms with E-state index in [1.165, 1.54) is 0 Å². The molecule has 1 atom stereocenters. The predicted octanol–water partition coefficient (Wildman–Crippen LogP) is 3.74. The predicted molar refractivity (Wildman–Crippen MR) is 78.5 cm³/mol. The van der Waals surface area contributed by atoms with Crippen LogP contribution in [0.2, 0.25) is 17.6 Å². The van der Waals surface area contributed by atoms with Crippen molar-refractivity contribution in [3.63, 3.8) is 0 Å². The van der Waals surface area contributed by atoms with E-state index in [9.17, 15) is 9.59 Å². The van der Waals surface area contributed by atoms with Gasteiger partial charge in [-0.1, -0.05) is 47.0 Å². The molecule has 0 aliphatic heterocycles. The molecule has 0 aliphatic rings. The summed E-state index contributed by atoms with van der Waals surface area (Å²) in [7, 11) is -2.22. The molecule has 0 aliphatic carbocycles. The van der Waals surface area contributed by atoms with Gasteiger partial charge in [-0.25, -0.2) is 9.59 Å². The van der Waals surface area contributed by atoms with Gasteiger partial charge in [-0.2, -0.15) is 0 Å². The van der Waals surface area contributed by atoms with E-state index in [0.29, 0.717) is 0 Å². The Bertz CT molecular complexity index is 344. The van der Waals surface area contributed by atoms with Crippen LogP contribution in [0.1, 0.15) is 47.0 Å². The quantitative estimate of drug-likeness (QED) is 0.440. The molecule has 0 spiro atoms. The van der Waals surface area contributed by atoms with Gasteiger partial charge in [-0.15, -0.1) is 0 Å². The van der Waals surface area contributed by atoms with Gasteiger partial charge < -0.3 is 9.53 Å². The van der Waals surface area contributed by atoms with Gasteiger partial charge in [0, 0.05) is 12.2 Å². The van der Waals surface area contributed by atoms with Crippen molar-refractivity contribution in [2.75, 3.05) is 0 Å². The average molecular weight is 286 g/mol. The number of unbranched alkanes of at least 4 members (excludes halogenated alkanes) is 2. The standard InChI is InChI=1S/C14H26O4Si/c1-6-7-8-11-19(5,14(2,3)4)18-13(17)10-9-12(15)16/h9-10H,6-8,11H2,1-5H3,(H,15,16)/b10-9-. The first-order valence-corrected chi connectivity index (χ1v) is 9.38. The Labute approximate surface area is 117 Å². The van der Waals surface area contributed by atoms with Crippen molar-refractivity contribution in [2.24, 2.45) is 0 Å². The molecule has 0 rings (SSSR count). The second-order valence-corrected chi connectivity index (χ2v) is 10.7. The van der Waals surface area contributed by atoms with Crippen LogP contribution in [0.3, 0.4) is 0 Å². The second kappa shape index (κ2) is 7.48. The molecule has 0 aromatic carbocycles. The minimum Gasteiger partial charge on any atom is -0.516 e. The number of rotatable bonds is 7. The van der Waals surface area contributed by atoms with E-state index in [2.05, 4.69) is 34.2 Å². The van der Waals surface area contributed by atoms with Gasteiger partial charge in [0.1, 0.15) is 0 Å². The third-order valence-corrected chi connectivity index (χ3v) is 8.66. The zero-order valence-corrected chi connectivity index (χ0v) is 13.7. The van der Waals surface area contributed by atoms with Gasteiger partial charge in [0.2, 0.25) is 0 Å². The lowest BCUT2D eigenvalue weighted by Gasteiger charge is -2.38. The lowest BCUT2D eigenvalue weighted by atomic mass is 10.2. The molecule has 5 heteroatoms. The van der Waals surface area contributed by atoms with Crippen LogP contribution in [-0.2, 0) is 14.0 Å². The van der Waals surface area contributed by atoms with Gasteiger partial charge in [0.05, 0.1) is 0 Å². The topological polar surface area (TPSA) is 63.6 Å².